The van der Waals surface area contributed by atoms with Crippen molar-refractivity contribution < 1.29 is 0 Å². The molecular formula is C24H47N3Si. The Bertz CT molecular complexity index is 405. The highest BCUT2D eigenvalue weighted by Crippen LogP contribution is 2.37. The fraction of sp³-hybridized carbons (Fsp3) is 0.917. The molecule has 0 heterocycles. The molecule has 3 nitrogen and oxygen atoms in total. The zero-order valence-corrected chi connectivity index (χ0v) is 20.2. The smallest absolute Gasteiger partial charge is 0.293 e. The Morgan fingerprint density at radius 1 is 0.607 bits per heavy atom. The van der Waals surface area contributed by atoms with Crippen LogP contribution in [0.2, 0.25) is 6.04 Å². The van der Waals surface area contributed by atoms with Crippen LogP contribution in [0, 0.1) is 0 Å². The minimum absolute atomic E-state index is 0.775. The number of allylic oxidation sites excluding steroid dienone is 1. The number of nitrogens with zero attached hydrogens (tertiary/aromatic N) is 3. The second kappa shape index (κ2) is 10.7. The lowest BCUT2D eigenvalue weighted by molar-refractivity contribution is 0.154. The van der Waals surface area contributed by atoms with Crippen molar-refractivity contribution in [2.45, 2.75) is 120 Å². The van der Waals surface area contributed by atoms with E-state index in [1.807, 2.05) is 0 Å². The van der Waals surface area contributed by atoms with Crippen molar-refractivity contribution in [3.05, 3.63) is 12.7 Å². The van der Waals surface area contributed by atoms with E-state index in [0.29, 0.717) is 0 Å². The third-order valence-corrected chi connectivity index (χ3v) is 13.8. The summed E-state index contributed by atoms with van der Waals surface area (Å²) in [7, 11) is 5.53. The van der Waals surface area contributed by atoms with Crippen molar-refractivity contribution in [3.8, 4) is 0 Å². The fourth-order valence-corrected chi connectivity index (χ4v) is 11.9. The highest BCUT2D eigenvalue weighted by atomic mass is 28.4. The molecule has 0 radical (unpaired) electrons. The predicted octanol–water partition coefficient (Wildman–Crippen LogP) is 5.90. The zero-order valence-electron chi connectivity index (χ0n) is 19.2. The molecule has 0 aromatic heterocycles. The molecule has 0 aromatic rings. The van der Waals surface area contributed by atoms with Crippen molar-refractivity contribution in [3.63, 3.8) is 0 Å². The van der Waals surface area contributed by atoms with Gasteiger partial charge in [-0.05, 0) is 59.7 Å². The lowest BCUT2D eigenvalue weighted by Crippen LogP contribution is -2.77. The number of hydrogen-bond acceptors (Lipinski definition) is 3. The van der Waals surface area contributed by atoms with Gasteiger partial charge in [0.25, 0.3) is 8.56 Å². The van der Waals surface area contributed by atoms with E-state index in [4.69, 9.17) is 0 Å². The first-order valence-electron chi connectivity index (χ1n) is 12.4. The molecule has 0 aliphatic heterocycles. The summed E-state index contributed by atoms with van der Waals surface area (Å²) in [6, 6.07) is 3.51. The molecule has 0 spiro atoms. The Hall–Kier alpha value is -0.163. The summed E-state index contributed by atoms with van der Waals surface area (Å²) in [5.41, 5.74) is 0. The largest absolute Gasteiger partial charge is 0.299 e. The molecule has 0 atom stereocenters. The summed E-state index contributed by atoms with van der Waals surface area (Å²) in [6.45, 7) is 4.28. The lowest BCUT2D eigenvalue weighted by Gasteiger charge is -2.58. The molecule has 162 valence electrons. The van der Waals surface area contributed by atoms with E-state index >= 15 is 0 Å². The topological polar surface area (TPSA) is 9.72 Å². The van der Waals surface area contributed by atoms with Crippen LogP contribution < -0.4 is 0 Å². The molecule has 0 N–H and O–H groups in total. The Morgan fingerprint density at radius 3 is 1.14 bits per heavy atom. The summed E-state index contributed by atoms with van der Waals surface area (Å²) < 4.78 is 8.82. The molecular weight excluding hydrogens is 358 g/mol. The molecule has 28 heavy (non-hydrogen) atoms. The first-order valence-corrected chi connectivity index (χ1v) is 14.5. The van der Waals surface area contributed by atoms with Gasteiger partial charge in [0, 0.05) is 24.2 Å². The van der Waals surface area contributed by atoms with Crippen LogP contribution in [-0.2, 0) is 0 Å². The van der Waals surface area contributed by atoms with E-state index in [2.05, 4.69) is 47.5 Å². The van der Waals surface area contributed by atoms with E-state index in [0.717, 1.165) is 18.1 Å². The molecule has 3 aliphatic carbocycles. The Morgan fingerprint density at radius 2 is 0.893 bits per heavy atom. The minimum Gasteiger partial charge on any atom is -0.299 e. The maximum atomic E-state index is 4.28. The maximum Gasteiger partial charge on any atom is 0.293 e. The van der Waals surface area contributed by atoms with Gasteiger partial charge in [-0.15, -0.1) is 6.58 Å². The summed E-state index contributed by atoms with van der Waals surface area (Å²) in [4.78, 5) is 0. The van der Waals surface area contributed by atoms with Gasteiger partial charge >= 0.3 is 0 Å². The Labute approximate surface area is 176 Å². The van der Waals surface area contributed by atoms with Gasteiger partial charge in [0.1, 0.15) is 0 Å². The average molecular weight is 406 g/mol. The van der Waals surface area contributed by atoms with Crippen molar-refractivity contribution >= 4 is 8.56 Å². The number of hydrogen-bond donors (Lipinski definition) is 0. The molecule has 0 bridgehead atoms. The van der Waals surface area contributed by atoms with E-state index in [1.54, 1.807) is 0 Å². The monoisotopic (exact) mass is 405 g/mol. The van der Waals surface area contributed by atoms with E-state index in [-0.39, 0.29) is 0 Å². The third kappa shape index (κ3) is 4.76. The van der Waals surface area contributed by atoms with Gasteiger partial charge in [-0.1, -0.05) is 63.9 Å². The summed E-state index contributed by atoms with van der Waals surface area (Å²) in [5, 5.41) is 0. The van der Waals surface area contributed by atoms with Crippen LogP contribution in [-0.4, -0.2) is 61.5 Å². The van der Waals surface area contributed by atoms with Gasteiger partial charge in [-0.2, -0.15) is 0 Å². The molecule has 0 saturated heterocycles. The normalized spacial score (nSPS) is 24.4. The summed E-state index contributed by atoms with van der Waals surface area (Å²) >= 11 is 0. The average Bonchev–Trinajstić information content (AvgIpc) is 2.78. The third-order valence-electron chi connectivity index (χ3n) is 8.48. The number of rotatable bonds is 8. The highest BCUT2D eigenvalue weighted by Gasteiger charge is 2.52. The van der Waals surface area contributed by atoms with Crippen LogP contribution in [0.3, 0.4) is 0 Å². The van der Waals surface area contributed by atoms with Crippen molar-refractivity contribution in [2.75, 3.05) is 21.1 Å². The molecule has 3 saturated carbocycles. The van der Waals surface area contributed by atoms with Crippen molar-refractivity contribution in [2.24, 2.45) is 0 Å². The fourth-order valence-electron chi connectivity index (χ4n) is 6.65. The van der Waals surface area contributed by atoms with E-state index < -0.39 is 8.56 Å². The van der Waals surface area contributed by atoms with Gasteiger partial charge in [0.2, 0.25) is 0 Å². The van der Waals surface area contributed by atoms with Crippen LogP contribution in [0.5, 0.6) is 0 Å². The molecule has 0 amide bonds. The second-order valence-corrected chi connectivity index (χ2v) is 14.0. The van der Waals surface area contributed by atoms with Crippen LogP contribution in [0.1, 0.15) is 96.3 Å². The van der Waals surface area contributed by atoms with E-state index in [9.17, 15) is 0 Å². The first kappa shape index (κ1) is 22.5. The van der Waals surface area contributed by atoms with Crippen LogP contribution in [0.25, 0.3) is 0 Å². The molecule has 3 aliphatic rings. The summed E-state index contributed by atoms with van der Waals surface area (Å²) in [5.74, 6) is 0. The predicted molar refractivity (Wildman–Crippen MR) is 125 cm³/mol. The second-order valence-electron chi connectivity index (χ2n) is 9.98. The van der Waals surface area contributed by atoms with Gasteiger partial charge < -0.3 is 0 Å². The first-order chi connectivity index (χ1) is 13.6. The zero-order chi connectivity index (χ0) is 20.0. The van der Waals surface area contributed by atoms with Crippen LogP contribution in [0.15, 0.2) is 12.7 Å². The van der Waals surface area contributed by atoms with Crippen molar-refractivity contribution in [1.29, 1.82) is 0 Å². The molecule has 4 heteroatoms. The molecule has 0 aromatic carbocycles. The Balaban J connectivity index is 1.93. The lowest BCUT2D eigenvalue weighted by atomic mass is 9.96. The SMILES string of the molecule is C=CC[Si](N(C)C1CCCCC1)(N(C)C1CCCCC1)N(C)C1CCCCC1. The van der Waals surface area contributed by atoms with Crippen LogP contribution >= 0.6 is 0 Å². The molecule has 0 unspecified atom stereocenters. The quantitative estimate of drug-likeness (QED) is 0.367. The Kier molecular flexibility index (Phi) is 8.64. The molecule has 3 rings (SSSR count). The van der Waals surface area contributed by atoms with Gasteiger partial charge in [0.05, 0.1) is 0 Å². The minimum atomic E-state index is -1.99. The van der Waals surface area contributed by atoms with Gasteiger partial charge in [-0.3, -0.25) is 13.7 Å². The van der Waals surface area contributed by atoms with Gasteiger partial charge in [0.15, 0.2) is 0 Å². The highest BCUT2D eigenvalue weighted by molar-refractivity contribution is 6.72. The molecule has 3 fully saturated rings. The maximum absolute atomic E-state index is 4.28. The van der Waals surface area contributed by atoms with Crippen LogP contribution in [0.4, 0.5) is 0 Å². The van der Waals surface area contributed by atoms with E-state index in [1.165, 1.54) is 102 Å². The summed E-state index contributed by atoms with van der Waals surface area (Å²) in [6.07, 6.45) is 23.6. The standard InChI is InChI=1S/C24H47N3Si/c1-5-21-28(25(2)22-15-9-6-10-16-22,26(3)23-17-11-7-12-18-23)27(4)24-19-13-8-14-20-24/h5,22-24H,1,6-21H2,2-4H3. The van der Waals surface area contributed by atoms with Gasteiger partial charge in [-0.25, -0.2) is 0 Å². The van der Waals surface area contributed by atoms with Crippen molar-refractivity contribution in [1.82, 2.24) is 13.7 Å².